The molecule has 2 aliphatic carbocycles. The summed E-state index contributed by atoms with van der Waals surface area (Å²) in [5, 5.41) is 0. The lowest BCUT2D eigenvalue weighted by atomic mass is 9.80. The number of carbonyl (C=O) groups excluding carboxylic acids is 1. The average molecular weight is 240 g/mol. The molecule has 0 saturated carbocycles. The number of rotatable bonds is 2. The zero-order valence-corrected chi connectivity index (χ0v) is 10.4. The Kier molecular flexibility index (Phi) is 2.78. The number of hydrogen-bond acceptors (Lipinski definition) is 2. The van der Waals surface area contributed by atoms with Crippen LogP contribution in [0.4, 0.5) is 0 Å². The topological polar surface area (TPSA) is 26.3 Å². The molecule has 0 radical (unpaired) electrons. The number of methoxy groups -OCH3 is 1. The molecule has 0 fully saturated rings. The van der Waals surface area contributed by atoms with Crippen molar-refractivity contribution in [2.75, 3.05) is 7.11 Å². The van der Waals surface area contributed by atoms with E-state index in [1.807, 2.05) is 30.3 Å². The molecule has 1 aromatic rings. The molecule has 0 N–H and O–H groups in total. The van der Waals surface area contributed by atoms with E-state index in [1.165, 1.54) is 5.57 Å². The van der Waals surface area contributed by atoms with Gasteiger partial charge in [-0.1, -0.05) is 24.3 Å². The van der Waals surface area contributed by atoms with Crippen LogP contribution in [0.2, 0.25) is 0 Å². The number of carbonyl (C=O) groups is 1. The Bertz CT molecular complexity index is 523. The lowest BCUT2D eigenvalue weighted by Gasteiger charge is -2.23. The molecule has 2 nitrogen and oxygen atoms in total. The van der Waals surface area contributed by atoms with Gasteiger partial charge in [0.25, 0.3) is 0 Å². The molecule has 0 bridgehead atoms. The first kappa shape index (κ1) is 11.3. The van der Waals surface area contributed by atoms with Gasteiger partial charge in [0.05, 0.1) is 7.11 Å². The quantitative estimate of drug-likeness (QED) is 0.742. The second-order valence-electron chi connectivity index (χ2n) is 4.89. The minimum atomic E-state index is 0.173. The predicted molar refractivity (Wildman–Crippen MR) is 71.3 cm³/mol. The van der Waals surface area contributed by atoms with E-state index in [0.29, 0.717) is 5.92 Å². The summed E-state index contributed by atoms with van der Waals surface area (Å²) in [6, 6.07) is 7.98. The van der Waals surface area contributed by atoms with Crippen molar-refractivity contribution in [1.82, 2.24) is 0 Å². The van der Waals surface area contributed by atoms with Gasteiger partial charge in [0.15, 0.2) is 5.78 Å². The maximum atomic E-state index is 12.0. The van der Waals surface area contributed by atoms with Gasteiger partial charge in [-0.15, -0.1) is 0 Å². The highest BCUT2D eigenvalue weighted by molar-refractivity contribution is 6.04. The van der Waals surface area contributed by atoms with Gasteiger partial charge in [-0.3, -0.25) is 4.79 Å². The van der Waals surface area contributed by atoms with E-state index in [9.17, 15) is 4.79 Å². The van der Waals surface area contributed by atoms with E-state index < -0.39 is 0 Å². The molecule has 0 amide bonds. The normalized spacial score (nSPS) is 25.8. The van der Waals surface area contributed by atoms with Crippen LogP contribution in [0.1, 0.15) is 18.4 Å². The molecular formula is C16H16O2. The van der Waals surface area contributed by atoms with Gasteiger partial charge in [-0.2, -0.15) is 0 Å². The predicted octanol–water partition coefficient (Wildman–Crippen LogP) is 3.24. The maximum Gasteiger partial charge on any atom is 0.159 e. The lowest BCUT2D eigenvalue weighted by Crippen LogP contribution is -2.18. The number of hydrogen-bond donors (Lipinski definition) is 0. The molecule has 0 aromatic heterocycles. The number of allylic oxidation sites excluding steroid dienone is 4. The maximum absolute atomic E-state index is 12.0. The van der Waals surface area contributed by atoms with Gasteiger partial charge in [-0.05, 0) is 48.1 Å². The first-order valence-corrected chi connectivity index (χ1v) is 6.34. The summed E-state index contributed by atoms with van der Waals surface area (Å²) in [4.78, 5) is 12.0. The van der Waals surface area contributed by atoms with Gasteiger partial charge >= 0.3 is 0 Å². The van der Waals surface area contributed by atoms with Crippen molar-refractivity contribution in [3.05, 3.63) is 48.1 Å². The van der Waals surface area contributed by atoms with Crippen LogP contribution in [-0.2, 0) is 4.79 Å². The minimum Gasteiger partial charge on any atom is -0.497 e. The molecule has 0 aliphatic heterocycles. The van der Waals surface area contributed by atoms with Crippen molar-refractivity contribution in [1.29, 1.82) is 0 Å². The van der Waals surface area contributed by atoms with Crippen LogP contribution in [0, 0.1) is 11.8 Å². The third kappa shape index (κ3) is 1.78. The lowest BCUT2D eigenvalue weighted by molar-refractivity contribution is -0.118. The van der Waals surface area contributed by atoms with Gasteiger partial charge in [0.2, 0.25) is 0 Å². The Morgan fingerprint density at radius 1 is 1.06 bits per heavy atom. The SMILES string of the molecule is COc1ccc(C2=CC(=O)C3CC=CCC23)cc1. The number of ketones is 1. The van der Waals surface area contributed by atoms with Crippen molar-refractivity contribution >= 4 is 11.4 Å². The number of ether oxygens (including phenoxy) is 1. The van der Waals surface area contributed by atoms with Crippen molar-refractivity contribution in [2.24, 2.45) is 11.8 Å². The Morgan fingerprint density at radius 3 is 2.39 bits per heavy atom. The standard InChI is InChI=1S/C16H16O2/c1-18-12-8-6-11(7-9-12)15-10-16(17)14-5-3-2-4-13(14)15/h2-3,6-10,13-14H,4-5H2,1H3. The average Bonchev–Trinajstić information content (AvgIpc) is 2.77. The van der Waals surface area contributed by atoms with E-state index in [1.54, 1.807) is 7.11 Å². The van der Waals surface area contributed by atoms with E-state index in [4.69, 9.17) is 4.74 Å². The van der Waals surface area contributed by atoms with Crippen LogP contribution >= 0.6 is 0 Å². The Morgan fingerprint density at radius 2 is 1.72 bits per heavy atom. The van der Waals surface area contributed by atoms with Crippen molar-refractivity contribution in [3.8, 4) is 5.75 Å². The molecule has 2 aliphatic rings. The second-order valence-corrected chi connectivity index (χ2v) is 4.89. The summed E-state index contributed by atoms with van der Waals surface area (Å²) < 4.78 is 5.16. The molecule has 0 heterocycles. The largest absolute Gasteiger partial charge is 0.497 e. The summed E-state index contributed by atoms with van der Waals surface area (Å²) in [5.74, 6) is 1.68. The molecule has 2 atom stereocenters. The van der Waals surface area contributed by atoms with E-state index in [-0.39, 0.29) is 11.7 Å². The fourth-order valence-corrected chi connectivity index (χ4v) is 2.92. The summed E-state index contributed by atoms with van der Waals surface area (Å²) >= 11 is 0. The van der Waals surface area contributed by atoms with E-state index >= 15 is 0 Å². The minimum absolute atomic E-state index is 0.173. The molecule has 1 aromatic carbocycles. The molecule has 2 heteroatoms. The summed E-state index contributed by atoms with van der Waals surface area (Å²) in [6.45, 7) is 0. The van der Waals surface area contributed by atoms with Crippen LogP contribution in [0.5, 0.6) is 5.75 Å². The Balaban J connectivity index is 1.93. The molecular weight excluding hydrogens is 224 g/mol. The highest BCUT2D eigenvalue weighted by Crippen LogP contribution is 2.42. The van der Waals surface area contributed by atoms with Crippen molar-refractivity contribution < 1.29 is 9.53 Å². The zero-order chi connectivity index (χ0) is 12.5. The fraction of sp³-hybridized carbons (Fsp3) is 0.312. The molecule has 0 spiro atoms. The monoisotopic (exact) mass is 240 g/mol. The highest BCUT2D eigenvalue weighted by atomic mass is 16.5. The molecule has 0 saturated heterocycles. The Hall–Kier alpha value is -1.83. The van der Waals surface area contributed by atoms with E-state index in [2.05, 4.69) is 12.2 Å². The smallest absolute Gasteiger partial charge is 0.159 e. The highest BCUT2D eigenvalue weighted by Gasteiger charge is 2.36. The summed E-state index contributed by atoms with van der Waals surface area (Å²) in [7, 11) is 1.66. The summed E-state index contributed by atoms with van der Waals surface area (Å²) in [6.07, 6.45) is 8.03. The van der Waals surface area contributed by atoms with Crippen molar-refractivity contribution in [2.45, 2.75) is 12.8 Å². The van der Waals surface area contributed by atoms with E-state index in [0.717, 1.165) is 24.2 Å². The first-order valence-electron chi connectivity index (χ1n) is 6.34. The van der Waals surface area contributed by atoms with Crippen LogP contribution in [-0.4, -0.2) is 12.9 Å². The van der Waals surface area contributed by atoms with Gasteiger partial charge < -0.3 is 4.74 Å². The zero-order valence-electron chi connectivity index (χ0n) is 10.4. The second kappa shape index (κ2) is 4.45. The fourth-order valence-electron chi connectivity index (χ4n) is 2.92. The van der Waals surface area contributed by atoms with Crippen LogP contribution in [0.25, 0.3) is 5.57 Å². The van der Waals surface area contributed by atoms with Crippen LogP contribution in [0.3, 0.4) is 0 Å². The third-order valence-electron chi connectivity index (χ3n) is 3.92. The number of benzene rings is 1. The van der Waals surface area contributed by atoms with Crippen LogP contribution < -0.4 is 4.74 Å². The molecule has 18 heavy (non-hydrogen) atoms. The number of fused-ring (bicyclic) bond motifs is 1. The summed E-state index contributed by atoms with van der Waals surface area (Å²) in [5.41, 5.74) is 2.34. The first-order chi connectivity index (χ1) is 8.79. The van der Waals surface area contributed by atoms with Gasteiger partial charge in [0.1, 0.15) is 5.75 Å². The van der Waals surface area contributed by atoms with Gasteiger partial charge in [0, 0.05) is 5.92 Å². The molecule has 2 unspecified atom stereocenters. The van der Waals surface area contributed by atoms with Crippen molar-refractivity contribution in [3.63, 3.8) is 0 Å². The molecule has 3 rings (SSSR count). The molecule has 92 valence electrons. The third-order valence-corrected chi connectivity index (χ3v) is 3.92. The van der Waals surface area contributed by atoms with Crippen LogP contribution in [0.15, 0.2) is 42.5 Å². The Labute approximate surface area is 107 Å². The van der Waals surface area contributed by atoms with Gasteiger partial charge in [-0.25, -0.2) is 0 Å².